The molecule has 1 aliphatic heterocycles. The number of carboxylic acids is 1. The summed E-state index contributed by atoms with van der Waals surface area (Å²) in [7, 11) is 3.92. The molecule has 0 spiro atoms. The Morgan fingerprint density at radius 2 is 2.00 bits per heavy atom. The Morgan fingerprint density at radius 3 is 2.50 bits per heavy atom. The number of urea groups is 1. The molecule has 0 aromatic heterocycles. The van der Waals surface area contributed by atoms with Crippen molar-refractivity contribution in [3.63, 3.8) is 0 Å². The van der Waals surface area contributed by atoms with Gasteiger partial charge in [-0.1, -0.05) is 13.8 Å². The highest BCUT2D eigenvalue weighted by Gasteiger charge is 2.36. The first-order valence-electron chi connectivity index (χ1n) is 6.83. The van der Waals surface area contributed by atoms with Gasteiger partial charge >= 0.3 is 12.0 Å². The van der Waals surface area contributed by atoms with E-state index in [0.29, 0.717) is 30.6 Å². The number of hydrogen-bond acceptors (Lipinski definition) is 4. The Kier molecular flexibility index (Phi) is 6.61. The van der Waals surface area contributed by atoms with Crippen molar-refractivity contribution in [2.75, 3.05) is 45.4 Å². The van der Waals surface area contributed by atoms with E-state index in [1.165, 1.54) is 16.7 Å². The fourth-order valence-electron chi connectivity index (χ4n) is 2.04. The predicted molar refractivity (Wildman–Crippen MR) is 80.9 cm³/mol. The van der Waals surface area contributed by atoms with E-state index in [1.54, 1.807) is 4.90 Å². The third-order valence-corrected chi connectivity index (χ3v) is 4.10. The van der Waals surface area contributed by atoms with Crippen LogP contribution in [0.25, 0.3) is 0 Å². The van der Waals surface area contributed by atoms with Crippen LogP contribution in [0.15, 0.2) is 0 Å². The van der Waals surface area contributed by atoms with E-state index in [-0.39, 0.29) is 6.03 Å². The van der Waals surface area contributed by atoms with E-state index in [4.69, 9.17) is 0 Å². The van der Waals surface area contributed by atoms with Crippen molar-refractivity contribution in [3.8, 4) is 0 Å². The fraction of sp³-hybridized carbons (Fsp3) is 0.846. The summed E-state index contributed by atoms with van der Waals surface area (Å²) >= 11 is 1.49. The summed E-state index contributed by atoms with van der Waals surface area (Å²) in [5.74, 6) is 0.386. The van der Waals surface area contributed by atoms with Crippen LogP contribution in [0.5, 0.6) is 0 Å². The molecule has 20 heavy (non-hydrogen) atoms. The summed E-state index contributed by atoms with van der Waals surface area (Å²) in [6, 6.07) is -0.848. The lowest BCUT2D eigenvalue weighted by Crippen LogP contribution is -2.51. The average Bonchev–Trinajstić information content (AvgIpc) is 2.82. The molecule has 0 bridgehead atoms. The molecule has 7 heteroatoms. The number of carbonyl (C=O) groups is 2. The number of carbonyl (C=O) groups excluding carboxylic acids is 1. The number of rotatable bonds is 6. The maximum atomic E-state index is 12.6. The van der Waals surface area contributed by atoms with Crippen LogP contribution in [0.3, 0.4) is 0 Å². The van der Waals surface area contributed by atoms with Crippen molar-refractivity contribution in [2.45, 2.75) is 19.9 Å². The zero-order chi connectivity index (χ0) is 15.3. The van der Waals surface area contributed by atoms with Crippen LogP contribution >= 0.6 is 11.8 Å². The molecule has 0 unspecified atom stereocenters. The smallest absolute Gasteiger partial charge is 0.327 e. The highest BCUT2D eigenvalue weighted by molar-refractivity contribution is 7.99. The molecular formula is C13H25N3O3S. The maximum absolute atomic E-state index is 12.6. The van der Waals surface area contributed by atoms with E-state index in [1.807, 2.05) is 19.0 Å². The Labute approximate surface area is 125 Å². The summed E-state index contributed by atoms with van der Waals surface area (Å²) in [6.45, 7) is 6.17. The van der Waals surface area contributed by atoms with Crippen LogP contribution in [0.2, 0.25) is 0 Å². The second kappa shape index (κ2) is 7.73. The first-order valence-corrected chi connectivity index (χ1v) is 7.99. The van der Waals surface area contributed by atoms with Crippen molar-refractivity contribution in [3.05, 3.63) is 0 Å². The molecular weight excluding hydrogens is 278 g/mol. The summed E-state index contributed by atoms with van der Waals surface area (Å²) in [5.41, 5.74) is 0. The molecule has 0 aromatic carbocycles. The molecule has 1 rings (SSSR count). The molecule has 1 N–H and O–H groups in total. The zero-order valence-electron chi connectivity index (χ0n) is 12.7. The number of nitrogens with zero attached hydrogens (tertiary/aromatic N) is 3. The maximum Gasteiger partial charge on any atom is 0.327 e. The standard InChI is InChI=1S/C13H25N3O3S/c1-10(2)7-15(6-5-14(3)4)13(19)16-9-20-8-11(16)12(17)18/h10-11H,5-9H2,1-4H3,(H,17,18)/t11-/m0/s1. The highest BCUT2D eigenvalue weighted by Crippen LogP contribution is 2.22. The SMILES string of the molecule is CC(C)CN(CCN(C)C)C(=O)N1CSC[C@H]1C(=O)O. The molecule has 0 saturated carbocycles. The summed E-state index contributed by atoms with van der Waals surface area (Å²) < 4.78 is 0. The van der Waals surface area contributed by atoms with Crippen LogP contribution in [-0.2, 0) is 4.79 Å². The van der Waals surface area contributed by atoms with Crippen molar-refractivity contribution >= 4 is 23.8 Å². The van der Waals surface area contributed by atoms with E-state index >= 15 is 0 Å². The second-order valence-electron chi connectivity index (χ2n) is 5.75. The minimum absolute atomic E-state index is 0.155. The van der Waals surface area contributed by atoms with Crippen molar-refractivity contribution in [2.24, 2.45) is 5.92 Å². The molecule has 0 aromatic rings. The van der Waals surface area contributed by atoms with Gasteiger partial charge in [0.1, 0.15) is 6.04 Å². The Balaban J connectivity index is 2.72. The number of carboxylic acid groups (broad SMARTS) is 1. The molecule has 116 valence electrons. The molecule has 6 nitrogen and oxygen atoms in total. The molecule has 2 amide bonds. The minimum atomic E-state index is -0.916. The third kappa shape index (κ3) is 4.86. The number of amides is 2. The fourth-order valence-corrected chi connectivity index (χ4v) is 3.18. The molecule has 0 aliphatic carbocycles. The largest absolute Gasteiger partial charge is 0.480 e. The van der Waals surface area contributed by atoms with Crippen molar-refractivity contribution < 1.29 is 14.7 Å². The molecule has 0 radical (unpaired) electrons. The Bertz CT molecular complexity index is 350. The third-order valence-electron chi connectivity index (χ3n) is 3.09. The highest BCUT2D eigenvalue weighted by atomic mass is 32.2. The van der Waals surface area contributed by atoms with Crippen molar-refractivity contribution in [1.29, 1.82) is 0 Å². The van der Waals surface area contributed by atoms with Gasteiger partial charge in [-0.2, -0.15) is 0 Å². The lowest BCUT2D eigenvalue weighted by atomic mass is 10.2. The normalized spacial score (nSPS) is 18.9. The first kappa shape index (κ1) is 17.1. The molecule has 1 aliphatic rings. The van der Waals surface area contributed by atoms with Crippen LogP contribution in [-0.4, -0.2) is 83.2 Å². The molecule has 1 saturated heterocycles. The van der Waals surface area contributed by atoms with Crippen LogP contribution in [0.4, 0.5) is 4.79 Å². The molecule has 1 heterocycles. The van der Waals surface area contributed by atoms with Gasteiger partial charge in [-0.3, -0.25) is 0 Å². The number of thioether (sulfide) groups is 1. The van der Waals surface area contributed by atoms with E-state index in [9.17, 15) is 14.7 Å². The van der Waals surface area contributed by atoms with E-state index in [2.05, 4.69) is 13.8 Å². The van der Waals surface area contributed by atoms with Gasteiger partial charge < -0.3 is 19.8 Å². The van der Waals surface area contributed by atoms with Crippen LogP contribution < -0.4 is 0 Å². The molecule has 1 fully saturated rings. The summed E-state index contributed by atoms with van der Waals surface area (Å²) in [4.78, 5) is 29.0. The van der Waals surface area contributed by atoms with Crippen LogP contribution in [0.1, 0.15) is 13.8 Å². The Morgan fingerprint density at radius 1 is 1.35 bits per heavy atom. The van der Waals surface area contributed by atoms with Gasteiger partial charge in [-0.15, -0.1) is 11.8 Å². The van der Waals surface area contributed by atoms with Gasteiger partial charge in [-0.25, -0.2) is 9.59 Å². The van der Waals surface area contributed by atoms with Gasteiger partial charge in [0.25, 0.3) is 0 Å². The van der Waals surface area contributed by atoms with Gasteiger partial charge in [-0.05, 0) is 20.0 Å². The summed E-state index contributed by atoms with van der Waals surface area (Å²) in [6.07, 6.45) is 0. The minimum Gasteiger partial charge on any atom is -0.480 e. The lowest BCUT2D eigenvalue weighted by molar-refractivity contribution is -0.140. The predicted octanol–water partition coefficient (Wildman–Crippen LogP) is 1.09. The average molecular weight is 303 g/mol. The number of hydrogen-bond donors (Lipinski definition) is 1. The van der Waals surface area contributed by atoms with Crippen LogP contribution in [0, 0.1) is 5.92 Å². The second-order valence-corrected chi connectivity index (χ2v) is 6.75. The topological polar surface area (TPSA) is 64.1 Å². The van der Waals surface area contributed by atoms with Gasteiger partial charge in [0, 0.05) is 25.4 Å². The van der Waals surface area contributed by atoms with Crippen molar-refractivity contribution in [1.82, 2.24) is 14.7 Å². The van der Waals surface area contributed by atoms with E-state index in [0.717, 1.165) is 6.54 Å². The Hall–Kier alpha value is -0.950. The molecule has 1 atom stereocenters. The van der Waals surface area contributed by atoms with Gasteiger partial charge in [0.2, 0.25) is 0 Å². The monoisotopic (exact) mass is 303 g/mol. The zero-order valence-corrected chi connectivity index (χ0v) is 13.5. The quantitative estimate of drug-likeness (QED) is 0.795. The van der Waals surface area contributed by atoms with Gasteiger partial charge in [0.05, 0.1) is 5.88 Å². The number of aliphatic carboxylic acids is 1. The lowest BCUT2D eigenvalue weighted by Gasteiger charge is -2.31. The summed E-state index contributed by atoms with van der Waals surface area (Å²) in [5, 5.41) is 9.18. The first-order chi connectivity index (χ1) is 9.32. The van der Waals surface area contributed by atoms with E-state index < -0.39 is 12.0 Å². The van der Waals surface area contributed by atoms with Gasteiger partial charge in [0.15, 0.2) is 0 Å². The number of likely N-dealkylation sites (N-methyl/N-ethyl adjacent to an activating group) is 1.